The van der Waals surface area contributed by atoms with Crippen LogP contribution in [0.4, 0.5) is 0 Å². The Morgan fingerprint density at radius 2 is 1.67 bits per heavy atom. The van der Waals surface area contributed by atoms with E-state index in [9.17, 15) is 0 Å². The molecule has 5 nitrogen and oxygen atoms in total. The third-order valence-corrected chi connectivity index (χ3v) is 6.74. The van der Waals surface area contributed by atoms with Gasteiger partial charge in [0, 0.05) is 25.0 Å². The van der Waals surface area contributed by atoms with Gasteiger partial charge in [0.05, 0.1) is 0 Å². The minimum atomic E-state index is -2.70. The monoisotopic (exact) mass is 395 g/mol. The van der Waals surface area contributed by atoms with Crippen LogP contribution >= 0.6 is 0 Å². The van der Waals surface area contributed by atoms with E-state index in [1.807, 2.05) is 20.8 Å². The standard InChI is InChI=1S/C16H30O3Si.HO2S2/c1-6-12-16(5)13-10-11-15(14-16)20(17-7-2,18-8-3)19-9-4;1-4(2)3/h10-11,13H,6-9,12,14H2,1-5H3;(H,1,2,3)/q;-1. The van der Waals surface area contributed by atoms with Crippen LogP contribution in [0.1, 0.15) is 53.9 Å². The average Bonchev–Trinajstić information content (AvgIpc) is 2.47. The third-order valence-electron chi connectivity index (χ3n) is 3.61. The summed E-state index contributed by atoms with van der Waals surface area (Å²) in [5.41, 5.74) is 0.197. The molecule has 1 rings (SSSR count). The highest BCUT2D eigenvalue weighted by Gasteiger charge is 2.47. The van der Waals surface area contributed by atoms with E-state index < -0.39 is 18.4 Å². The molecule has 1 N–H and O–H groups in total. The fraction of sp³-hybridized carbons (Fsp3) is 0.750. The van der Waals surface area contributed by atoms with Crippen LogP contribution < -0.4 is 0 Å². The first kappa shape index (κ1) is 23.9. The lowest BCUT2D eigenvalue weighted by molar-refractivity contribution is 0.0780. The van der Waals surface area contributed by atoms with E-state index in [1.54, 1.807) is 0 Å². The van der Waals surface area contributed by atoms with Crippen LogP contribution in [0.3, 0.4) is 0 Å². The van der Waals surface area contributed by atoms with Crippen LogP contribution in [0.25, 0.3) is 0 Å². The Bertz CT molecular complexity index is 466. The molecule has 1 aliphatic rings. The smallest absolute Gasteiger partial charge is 0.459 e. The van der Waals surface area contributed by atoms with Gasteiger partial charge in [0.2, 0.25) is 0 Å². The molecule has 0 spiro atoms. The van der Waals surface area contributed by atoms with Crippen LogP contribution in [-0.4, -0.2) is 33.2 Å². The van der Waals surface area contributed by atoms with E-state index in [0.29, 0.717) is 19.8 Å². The number of hydrogen-bond donors (Lipinski definition) is 1. The van der Waals surface area contributed by atoms with Crippen molar-refractivity contribution >= 4 is 29.6 Å². The van der Waals surface area contributed by atoms with Gasteiger partial charge < -0.3 is 22.0 Å². The molecule has 0 amide bonds. The van der Waals surface area contributed by atoms with Crippen molar-refractivity contribution in [3.8, 4) is 0 Å². The first-order valence-electron chi connectivity index (χ1n) is 8.38. The van der Waals surface area contributed by atoms with Gasteiger partial charge in [0.15, 0.2) is 0 Å². The fourth-order valence-electron chi connectivity index (χ4n) is 2.88. The topological polar surface area (TPSA) is 65.0 Å². The van der Waals surface area contributed by atoms with Crippen molar-refractivity contribution in [2.24, 2.45) is 5.41 Å². The second kappa shape index (κ2) is 12.3. The highest BCUT2D eigenvalue weighted by Crippen LogP contribution is 2.39. The molecule has 1 aliphatic carbocycles. The van der Waals surface area contributed by atoms with Crippen LogP contribution in [0.2, 0.25) is 0 Å². The van der Waals surface area contributed by atoms with Gasteiger partial charge >= 0.3 is 8.80 Å². The summed E-state index contributed by atoms with van der Waals surface area (Å²) in [6.07, 6.45) is 9.93. The van der Waals surface area contributed by atoms with Crippen molar-refractivity contribution in [1.82, 2.24) is 0 Å². The molecular formula is C16H31O5S2Si-. The zero-order valence-electron chi connectivity index (χ0n) is 15.4. The minimum absolute atomic E-state index is 0.197. The van der Waals surface area contributed by atoms with Crippen LogP contribution in [0.15, 0.2) is 23.4 Å². The average molecular weight is 396 g/mol. The summed E-state index contributed by atoms with van der Waals surface area (Å²) in [6, 6.07) is 0. The Morgan fingerprint density at radius 3 is 2.04 bits per heavy atom. The summed E-state index contributed by atoms with van der Waals surface area (Å²) < 4.78 is 34.3. The van der Waals surface area contributed by atoms with Gasteiger partial charge in [-0.15, -0.1) is 0 Å². The maximum atomic E-state index is 8.93. The summed E-state index contributed by atoms with van der Waals surface area (Å²) in [5, 5.41) is 1.22. The van der Waals surface area contributed by atoms with Gasteiger partial charge in [-0.3, -0.25) is 0 Å². The highest BCUT2D eigenvalue weighted by molar-refractivity contribution is 8.18. The number of rotatable bonds is 9. The first-order chi connectivity index (χ1) is 11.3. The summed E-state index contributed by atoms with van der Waals surface area (Å²) >= 11 is 3.65. The van der Waals surface area contributed by atoms with Crippen LogP contribution in [0.5, 0.6) is 0 Å². The number of allylic oxidation sites excluding steroid dienone is 4. The Balaban J connectivity index is 0.00000118. The van der Waals surface area contributed by atoms with Crippen molar-refractivity contribution < 1.29 is 22.0 Å². The molecule has 0 saturated carbocycles. The molecule has 1 atom stereocenters. The van der Waals surface area contributed by atoms with E-state index in [-0.39, 0.29) is 5.41 Å². The Kier molecular flexibility index (Phi) is 12.2. The second-order valence-electron chi connectivity index (χ2n) is 5.70. The van der Waals surface area contributed by atoms with Crippen molar-refractivity contribution in [2.75, 3.05) is 19.8 Å². The predicted molar refractivity (Wildman–Crippen MR) is 104 cm³/mol. The van der Waals surface area contributed by atoms with Gasteiger partial charge in [-0.2, -0.15) is 0 Å². The normalized spacial score (nSPS) is 20.5. The molecule has 0 aliphatic heterocycles. The third kappa shape index (κ3) is 8.33. The molecular weight excluding hydrogens is 364 g/mol. The Labute approximate surface area is 154 Å². The van der Waals surface area contributed by atoms with E-state index >= 15 is 0 Å². The number of hydrogen-bond acceptors (Lipinski definition) is 6. The zero-order valence-corrected chi connectivity index (χ0v) is 18.0. The molecule has 0 radical (unpaired) electrons. The molecule has 0 aromatic rings. The highest BCUT2D eigenvalue weighted by atomic mass is 32.8. The lowest BCUT2D eigenvalue weighted by Crippen LogP contribution is -2.49. The maximum absolute atomic E-state index is 8.93. The largest absolute Gasteiger partial charge is 0.533 e. The van der Waals surface area contributed by atoms with E-state index in [0.717, 1.165) is 6.42 Å². The second-order valence-corrected chi connectivity index (χ2v) is 9.61. The Morgan fingerprint density at radius 1 is 1.21 bits per heavy atom. The van der Waals surface area contributed by atoms with Gasteiger partial charge in [0.25, 0.3) is 0 Å². The van der Waals surface area contributed by atoms with Crippen LogP contribution in [0, 0.1) is 5.41 Å². The van der Waals surface area contributed by atoms with E-state index in [1.165, 1.54) is 18.0 Å². The quantitative estimate of drug-likeness (QED) is 0.359. The SMILES string of the molecule is CCCC1(C)C=CC=C([Si](OCC)(OCC)OCC)C1.O=[S-](O)=S. The summed E-state index contributed by atoms with van der Waals surface area (Å²) in [6.45, 7) is 12.4. The van der Waals surface area contributed by atoms with Gasteiger partial charge in [0.1, 0.15) is 0 Å². The van der Waals surface area contributed by atoms with Crippen molar-refractivity contribution in [2.45, 2.75) is 53.9 Å². The van der Waals surface area contributed by atoms with Crippen molar-refractivity contribution in [3.63, 3.8) is 0 Å². The minimum Gasteiger partial charge on any atom is -0.459 e. The van der Waals surface area contributed by atoms with Crippen molar-refractivity contribution in [3.05, 3.63) is 23.4 Å². The van der Waals surface area contributed by atoms with Gasteiger partial charge in [-0.05, 0) is 39.0 Å². The predicted octanol–water partition coefficient (Wildman–Crippen LogP) is 4.15. The molecule has 0 aromatic heterocycles. The van der Waals surface area contributed by atoms with Gasteiger partial charge in [-0.1, -0.05) is 48.1 Å². The summed E-state index contributed by atoms with van der Waals surface area (Å²) in [7, 11) is -4.73. The van der Waals surface area contributed by atoms with Crippen molar-refractivity contribution in [1.29, 1.82) is 0 Å². The van der Waals surface area contributed by atoms with E-state index in [4.69, 9.17) is 22.0 Å². The van der Waals surface area contributed by atoms with Gasteiger partial charge in [-0.25, -0.2) is 11.2 Å². The molecule has 1 unspecified atom stereocenters. The first-order valence-corrected chi connectivity index (χ1v) is 12.1. The van der Waals surface area contributed by atoms with Crippen LogP contribution in [-0.2, 0) is 38.3 Å². The molecule has 8 heteroatoms. The van der Waals surface area contributed by atoms with E-state index in [2.05, 4.69) is 43.3 Å². The summed E-state index contributed by atoms with van der Waals surface area (Å²) in [4.78, 5) is 0. The summed E-state index contributed by atoms with van der Waals surface area (Å²) in [5.74, 6) is 0. The zero-order chi connectivity index (χ0) is 18.6. The maximum Gasteiger partial charge on any atom is 0.533 e. The molecule has 0 heterocycles. The molecule has 0 saturated heterocycles. The lowest BCUT2D eigenvalue weighted by atomic mass is 9.80. The molecule has 0 bridgehead atoms. The molecule has 142 valence electrons. The fourth-order valence-corrected chi connectivity index (χ4v) is 5.74. The molecule has 0 aromatic carbocycles. The lowest BCUT2D eigenvalue weighted by Gasteiger charge is -2.36. The molecule has 24 heavy (non-hydrogen) atoms. The Hall–Kier alpha value is -0.0931. The molecule has 0 fully saturated rings.